The molecule has 0 amide bonds. The summed E-state index contributed by atoms with van der Waals surface area (Å²) in [5.74, 6) is -0.332. The van der Waals surface area contributed by atoms with Gasteiger partial charge in [0.05, 0.1) is 23.7 Å². The molecular formula is C21H30FN3O2S. The van der Waals surface area contributed by atoms with E-state index in [1.165, 1.54) is 25.3 Å². The Morgan fingerprint density at radius 3 is 2.32 bits per heavy atom. The average molecular weight is 408 g/mol. The standard InChI is InChI=1S/C21H30FN3O2S/c1-17(2)28(26,27)21-23-14-19(16-24-12-8-4-3-5-9-13-24)25(21)15-18-10-6-7-11-20(18)22/h6-7,10-11,14,17H,3-5,8-9,12-13,15-16H2,1-2H3. The molecule has 5 nitrogen and oxygen atoms in total. The Morgan fingerprint density at radius 1 is 1.04 bits per heavy atom. The van der Waals surface area contributed by atoms with Crippen LogP contribution >= 0.6 is 0 Å². The fraction of sp³-hybridized carbons (Fsp3) is 0.571. The first-order valence-corrected chi connectivity index (χ1v) is 11.7. The van der Waals surface area contributed by atoms with Crippen molar-refractivity contribution in [2.45, 2.75) is 69.4 Å². The molecule has 154 valence electrons. The lowest BCUT2D eigenvalue weighted by Gasteiger charge is -2.25. The van der Waals surface area contributed by atoms with E-state index >= 15 is 0 Å². The Hall–Kier alpha value is -1.73. The Bertz CT molecular complexity index is 885. The third-order valence-corrected chi connectivity index (χ3v) is 7.47. The van der Waals surface area contributed by atoms with Gasteiger partial charge in [-0.05, 0) is 45.8 Å². The van der Waals surface area contributed by atoms with Crippen molar-refractivity contribution in [1.29, 1.82) is 0 Å². The fourth-order valence-electron chi connectivity index (χ4n) is 3.62. The smallest absolute Gasteiger partial charge is 0.228 e. The molecule has 2 heterocycles. The van der Waals surface area contributed by atoms with E-state index in [0.717, 1.165) is 31.6 Å². The number of imidazole rings is 1. The van der Waals surface area contributed by atoms with Crippen LogP contribution in [-0.2, 0) is 22.9 Å². The molecule has 3 rings (SSSR count). The monoisotopic (exact) mass is 407 g/mol. The molecule has 7 heteroatoms. The maximum absolute atomic E-state index is 14.3. The number of halogens is 1. The molecule has 0 spiro atoms. The van der Waals surface area contributed by atoms with Crippen LogP contribution in [0.1, 0.15) is 57.2 Å². The zero-order valence-corrected chi connectivity index (χ0v) is 17.6. The highest BCUT2D eigenvalue weighted by atomic mass is 32.2. The Labute approximate surface area is 167 Å². The van der Waals surface area contributed by atoms with E-state index in [4.69, 9.17) is 0 Å². The van der Waals surface area contributed by atoms with Crippen molar-refractivity contribution in [2.75, 3.05) is 13.1 Å². The molecular weight excluding hydrogens is 377 g/mol. The molecule has 0 radical (unpaired) electrons. The molecule has 1 aliphatic rings. The molecule has 2 aromatic rings. The molecule has 0 bridgehead atoms. The maximum Gasteiger partial charge on any atom is 0.228 e. The quantitative estimate of drug-likeness (QED) is 0.726. The van der Waals surface area contributed by atoms with Crippen LogP contribution in [-0.4, -0.2) is 41.2 Å². The van der Waals surface area contributed by atoms with Crippen molar-refractivity contribution >= 4 is 9.84 Å². The maximum atomic E-state index is 14.3. The first kappa shape index (κ1) is 21.0. The number of aromatic nitrogens is 2. The van der Waals surface area contributed by atoms with E-state index in [1.807, 2.05) is 0 Å². The van der Waals surface area contributed by atoms with Crippen molar-refractivity contribution in [3.05, 3.63) is 47.5 Å². The van der Waals surface area contributed by atoms with Crippen molar-refractivity contribution < 1.29 is 12.8 Å². The second-order valence-electron chi connectivity index (χ2n) is 7.85. The van der Waals surface area contributed by atoms with Crippen LogP contribution in [0, 0.1) is 5.82 Å². The lowest BCUT2D eigenvalue weighted by atomic mass is 10.1. The summed E-state index contributed by atoms with van der Waals surface area (Å²) < 4.78 is 41.6. The van der Waals surface area contributed by atoms with E-state index < -0.39 is 15.1 Å². The van der Waals surface area contributed by atoms with Crippen LogP contribution in [0.2, 0.25) is 0 Å². The molecule has 1 aromatic heterocycles. The molecule has 28 heavy (non-hydrogen) atoms. The summed E-state index contributed by atoms with van der Waals surface area (Å²) in [6.45, 7) is 6.09. The van der Waals surface area contributed by atoms with Crippen molar-refractivity contribution in [1.82, 2.24) is 14.5 Å². The number of hydrogen-bond acceptors (Lipinski definition) is 4. The summed E-state index contributed by atoms with van der Waals surface area (Å²) in [5, 5.41) is -0.545. The second-order valence-corrected chi connectivity index (χ2v) is 10.2. The first-order chi connectivity index (χ1) is 13.4. The Balaban J connectivity index is 1.95. The third-order valence-electron chi connectivity index (χ3n) is 5.40. The zero-order chi connectivity index (χ0) is 20.1. The van der Waals surface area contributed by atoms with Gasteiger partial charge in [0.2, 0.25) is 15.0 Å². The van der Waals surface area contributed by atoms with Gasteiger partial charge in [0.15, 0.2) is 0 Å². The molecule has 1 fully saturated rings. The highest BCUT2D eigenvalue weighted by Gasteiger charge is 2.27. The molecule has 1 aromatic carbocycles. The van der Waals surface area contributed by atoms with Gasteiger partial charge >= 0.3 is 0 Å². The summed E-state index contributed by atoms with van der Waals surface area (Å²) in [4.78, 5) is 6.63. The van der Waals surface area contributed by atoms with E-state index in [9.17, 15) is 12.8 Å². The molecule has 0 aliphatic carbocycles. The van der Waals surface area contributed by atoms with Gasteiger partial charge in [-0.1, -0.05) is 37.5 Å². The number of sulfone groups is 1. The van der Waals surface area contributed by atoms with Crippen LogP contribution in [0.3, 0.4) is 0 Å². The van der Waals surface area contributed by atoms with Crippen molar-refractivity contribution in [2.24, 2.45) is 0 Å². The van der Waals surface area contributed by atoms with Gasteiger partial charge in [0, 0.05) is 12.1 Å². The topological polar surface area (TPSA) is 55.2 Å². The van der Waals surface area contributed by atoms with Gasteiger partial charge in [0.1, 0.15) is 5.82 Å². The number of likely N-dealkylation sites (tertiary alicyclic amines) is 1. The first-order valence-electron chi connectivity index (χ1n) is 10.1. The van der Waals surface area contributed by atoms with Crippen molar-refractivity contribution in [3.63, 3.8) is 0 Å². The van der Waals surface area contributed by atoms with E-state index in [1.54, 1.807) is 42.8 Å². The van der Waals surface area contributed by atoms with Crippen LogP contribution < -0.4 is 0 Å². The van der Waals surface area contributed by atoms with Gasteiger partial charge in [-0.3, -0.25) is 4.90 Å². The highest BCUT2D eigenvalue weighted by molar-refractivity contribution is 7.91. The normalized spacial score (nSPS) is 16.9. The molecule has 0 saturated carbocycles. The van der Waals surface area contributed by atoms with Gasteiger partial charge in [-0.25, -0.2) is 17.8 Å². The van der Waals surface area contributed by atoms with E-state index in [-0.39, 0.29) is 17.5 Å². The molecule has 0 N–H and O–H groups in total. The number of benzene rings is 1. The van der Waals surface area contributed by atoms with Gasteiger partial charge in [-0.15, -0.1) is 0 Å². The van der Waals surface area contributed by atoms with Crippen LogP contribution in [0.5, 0.6) is 0 Å². The van der Waals surface area contributed by atoms with Crippen LogP contribution in [0.15, 0.2) is 35.6 Å². The summed E-state index contributed by atoms with van der Waals surface area (Å²) in [6.07, 6.45) is 7.71. The van der Waals surface area contributed by atoms with E-state index in [0.29, 0.717) is 12.1 Å². The van der Waals surface area contributed by atoms with Crippen LogP contribution in [0.25, 0.3) is 0 Å². The molecule has 1 aliphatic heterocycles. The highest BCUT2D eigenvalue weighted by Crippen LogP contribution is 2.22. The summed E-state index contributed by atoms with van der Waals surface area (Å²) in [7, 11) is -3.56. The fourth-order valence-corrected chi connectivity index (χ4v) is 4.73. The number of rotatable bonds is 6. The van der Waals surface area contributed by atoms with Crippen molar-refractivity contribution in [3.8, 4) is 0 Å². The summed E-state index contributed by atoms with van der Waals surface area (Å²) in [6, 6.07) is 6.51. The molecule has 0 atom stereocenters. The number of hydrogen-bond donors (Lipinski definition) is 0. The zero-order valence-electron chi connectivity index (χ0n) is 16.8. The predicted molar refractivity (Wildman–Crippen MR) is 108 cm³/mol. The average Bonchev–Trinajstić information content (AvgIpc) is 3.02. The third kappa shape index (κ3) is 4.81. The largest absolute Gasteiger partial charge is 0.313 e. The lowest BCUT2D eigenvalue weighted by molar-refractivity contribution is 0.234. The minimum Gasteiger partial charge on any atom is -0.313 e. The van der Waals surface area contributed by atoms with Crippen LogP contribution in [0.4, 0.5) is 4.39 Å². The molecule has 1 saturated heterocycles. The predicted octanol–water partition coefficient (Wildman–Crippen LogP) is 4.02. The lowest BCUT2D eigenvalue weighted by Crippen LogP contribution is -2.29. The second kappa shape index (κ2) is 9.18. The summed E-state index contributed by atoms with van der Waals surface area (Å²) >= 11 is 0. The number of nitrogens with zero attached hydrogens (tertiary/aromatic N) is 3. The Kier molecular flexibility index (Phi) is 6.88. The minimum absolute atomic E-state index is 0.0350. The SMILES string of the molecule is CC(C)S(=O)(=O)c1ncc(CN2CCCCCCC2)n1Cc1ccccc1F. The summed E-state index contributed by atoms with van der Waals surface area (Å²) in [5.41, 5.74) is 1.29. The molecule has 0 unspecified atom stereocenters. The van der Waals surface area contributed by atoms with Gasteiger partial charge in [-0.2, -0.15) is 0 Å². The van der Waals surface area contributed by atoms with E-state index in [2.05, 4.69) is 9.88 Å². The Morgan fingerprint density at radius 2 is 1.68 bits per heavy atom. The van der Waals surface area contributed by atoms with Gasteiger partial charge < -0.3 is 4.57 Å². The van der Waals surface area contributed by atoms with Gasteiger partial charge in [0.25, 0.3) is 0 Å². The minimum atomic E-state index is -3.56.